The summed E-state index contributed by atoms with van der Waals surface area (Å²) in [4.78, 5) is 16.5. The van der Waals surface area contributed by atoms with E-state index in [1.54, 1.807) is 42.7 Å². The molecular formula is C23H23FN2O4. The first-order valence-electron chi connectivity index (χ1n) is 9.61. The zero-order chi connectivity index (χ0) is 21.2. The summed E-state index contributed by atoms with van der Waals surface area (Å²) >= 11 is 0. The van der Waals surface area contributed by atoms with E-state index < -0.39 is 0 Å². The number of hydrogen-bond donors (Lipinski definition) is 1. The summed E-state index contributed by atoms with van der Waals surface area (Å²) < 4.78 is 30.0. The number of pyridine rings is 1. The Labute approximate surface area is 174 Å². The Hall–Kier alpha value is -3.61. The van der Waals surface area contributed by atoms with Crippen molar-refractivity contribution in [2.45, 2.75) is 13.5 Å². The number of nitrogens with one attached hydrogen (secondary N) is 1. The van der Waals surface area contributed by atoms with Crippen LogP contribution in [-0.2, 0) is 6.61 Å². The third-order valence-electron chi connectivity index (χ3n) is 4.08. The van der Waals surface area contributed by atoms with Gasteiger partial charge in [-0.05, 0) is 43.3 Å². The van der Waals surface area contributed by atoms with Crippen LogP contribution in [0.15, 0.2) is 67.0 Å². The molecule has 3 rings (SSSR count). The van der Waals surface area contributed by atoms with Gasteiger partial charge < -0.3 is 19.5 Å². The molecule has 1 aromatic heterocycles. The average Bonchev–Trinajstić information content (AvgIpc) is 2.76. The molecule has 0 saturated carbocycles. The second-order valence-electron chi connectivity index (χ2n) is 6.31. The Bertz CT molecular complexity index is 966. The highest BCUT2D eigenvalue weighted by Gasteiger charge is 2.12. The van der Waals surface area contributed by atoms with Crippen LogP contribution in [-0.4, -0.2) is 30.6 Å². The van der Waals surface area contributed by atoms with E-state index in [1.165, 1.54) is 12.1 Å². The van der Waals surface area contributed by atoms with Gasteiger partial charge in [0.2, 0.25) is 0 Å². The topological polar surface area (TPSA) is 69.7 Å². The van der Waals surface area contributed by atoms with Crippen molar-refractivity contribution in [3.63, 3.8) is 0 Å². The summed E-state index contributed by atoms with van der Waals surface area (Å²) in [5, 5.41) is 2.77. The van der Waals surface area contributed by atoms with Gasteiger partial charge in [-0.25, -0.2) is 4.39 Å². The van der Waals surface area contributed by atoms with Crippen LogP contribution in [0.1, 0.15) is 22.8 Å². The van der Waals surface area contributed by atoms with Gasteiger partial charge in [0.15, 0.2) is 11.5 Å². The van der Waals surface area contributed by atoms with E-state index in [4.69, 9.17) is 14.2 Å². The van der Waals surface area contributed by atoms with E-state index >= 15 is 0 Å². The summed E-state index contributed by atoms with van der Waals surface area (Å²) in [5.74, 6) is 0.818. The third kappa shape index (κ3) is 6.20. The number of nitrogens with zero attached hydrogens (tertiary/aromatic N) is 1. The van der Waals surface area contributed by atoms with Crippen molar-refractivity contribution < 1.29 is 23.4 Å². The summed E-state index contributed by atoms with van der Waals surface area (Å²) in [5.41, 5.74) is 1.37. The van der Waals surface area contributed by atoms with Gasteiger partial charge in [0.05, 0.1) is 13.2 Å². The molecule has 2 aromatic carbocycles. The molecule has 1 heterocycles. The Kier molecular flexibility index (Phi) is 7.60. The fraction of sp³-hybridized carbons (Fsp3) is 0.217. The monoisotopic (exact) mass is 410 g/mol. The number of benzene rings is 2. The predicted molar refractivity (Wildman–Crippen MR) is 110 cm³/mol. The second kappa shape index (κ2) is 10.8. The summed E-state index contributed by atoms with van der Waals surface area (Å²) in [7, 11) is 0. The number of hydrogen-bond acceptors (Lipinski definition) is 5. The van der Waals surface area contributed by atoms with Gasteiger partial charge in [0.1, 0.15) is 24.8 Å². The first-order chi connectivity index (χ1) is 14.7. The molecule has 3 aromatic rings. The number of aromatic nitrogens is 1. The van der Waals surface area contributed by atoms with Crippen molar-refractivity contribution in [2.24, 2.45) is 0 Å². The van der Waals surface area contributed by atoms with E-state index in [0.29, 0.717) is 36.0 Å². The van der Waals surface area contributed by atoms with Crippen molar-refractivity contribution in [3.05, 3.63) is 83.9 Å². The van der Waals surface area contributed by atoms with Crippen LogP contribution in [0.25, 0.3) is 0 Å². The van der Waals surface area contributed by atoms with Gasteiger partial charge in [-0.3, -0.25) is 9.78 Å². The maximum Gasteiger partial charge on any atom is 0.251 e. The van der Waals surface area contributed by atoms with Crippen molar-refractivity contribution >= 4 is 5.91 Å². The molecule has 156 valence electrons. The molecule has 6 nitrogen and oxygen atoms in total. The molecule has 1 N–H and O–H groups in total. The number of ether oxygens (including phenoxy) is 3. The first kappa shape index (κ1) is 21.1. The molecule has 0 aliphatic rings. The average molecular weight is 410 g/mol. The largest absolute Gasteiger partial charge is 0.492 e. The molecule has 0 aliphatic heterocycles. The lowest BCUT2D eigenvalue weighted by Crippen LogP contribution is -2.28. The van der Waals surface area contributed by atoms with Gasteiger partial charge in [0.25, 0.3) is 5.91 Å². The Morgan fingerprint density at radius 3 is 2.70 bits per heavy atom. The van der Waals surface area contributed by atoms with Gasteiger partial charge >= 0.3 is 0 Å². The van der Waals surface area contributed by atoms with Crippen molar-refractivity contribution in [2.75, 3.05) is 19.8 Å². The molecule has 0 atom stereocenters. The Morgan fingerprint density at radius 1 is 1.03 bits per heavy atom. The number of carbonyl (C=O) groups excluding carboxylic acids is 1. The van der Waals surface area contributed by atoms with E-state index in [9.17, 15) is 9.18 Å². The summed E-state index contributed by atoms with van der Waals surface area (Å²) in [6.07, 6.45) is 3.43. The fourth-order valence-corrected chi connectivity index (χ4v) is 2.67. The lowest BCUT2D eigenvalue weighted by Gasteiger charge is -2.13. The van der Waals surface area contributed by atoms with Crippen molar-refractivity contribution in [1.82, 2.24) is 10.3 Å². The van der Waals surface area contributed by atoms with E-state index in [0.717, 1.165) is 5.56 Å². The van der Waals surface area contributed by atoms with Crippen LogP contribution in [0, 0.1) is 5.82 Å². The van der Waals surface area contributed by atoms with Crippen LogP contribution in [0.3, 0.4) is 0 Å². The van der Waals surface area contributed by atoms with Gasteiger partial charge in [-0.1, -0.05) is 12.1 Å². The molecule has 0 fully saturated rings. The van der Waals surface area contributed by atoms with Gasteiger partial charge in [-0.2, -0.15) is 0 Å². The SMILES string of the molecule is CCOc1cc(C(=O)NCCOc2cccc(F)c2)ccc1OCc1cccnc1. The van der Waals surface area contributed by atoms with Crippen LogP contribution in [0.5, 0.6) is 17.2 Å². The minimum atomic E-state index is -0.370. The molecule has 0 aliphatic carbocycles. The maximum atomic E-state index is 13.1. The molecule has 0 saturated heterocycles. The number of carbonyl (C=O) groups is 1. The highest BCUT2D eigenvalue weighted by molar-refractivity contribution is 5.94. The summed E-state index contributed by atoms with van der Waals surface area (Å²) in [6.45, 7) is 3.15. The Balaban J connectivity index is 1.55. The lowest BCUT2D eigenvalue weighted by molar-refractivity contribution is 0.0946. The fourth-order valence-electron chi connectivity index (χ4n) is 2.67. The molecule has 0 bridgehead atoms. The van der Waals surface area contributed by atoms with E-state index in [2.05, 4.69) is 10.3 Å². The standard InChI is InChI=1S/C23H23FN2O4/c1-2-28-22-13-18(8-9-21(22)30-16-17-5-4-10-25-15-17)23(27)26-11-12-29-20-7-3-6-19(24)14-20/h3-10,13-15H,2,11-12,16H2,1H3,(H,26,27). The van der Waals surface area contributed by atoms with Crippen LogP contribution >= 0.6 is 0 Å². The second-order valence-corrected chi connectivity index (χ2v) is 6.31. The molecular weight excluding hydrogens is 387 g/mol. The smallest absolute Gasteiger partial charge is 0.251 e. The Morgan fingerprint density at radius 2 is 1.93 bits per heavy atom. The van der Waals surface area contributed by atoms with Gasteiger partial charge in [0, 0.05) is 29.6 Å². The lowest BCUT2D eigenvalue weighted by atomic mass is 10.2. The normalized spacial score (nSPS) is 10.3. The summed E-state index contributed by atoms with van der Waals surface area (Å²) in [6, 6.07) is 14.6. The van der Waals surface area contributed by atoms with Crippen molar-refractivity contribution in [3.8, 4) is 17.2 Å². The highest BCUT2D eigenvalue weighted by atomic mass is 19.1. The highest BCUT2D eigenvalue weighted by Crippen LogP contribution is 2.29. The number of amides is 1. The molecule has 0 unspecified atom stereocenters. The van der Waals surface area contributed by atoms with Crippen LogP contribution in [0.4, 0.5) is 4.39 Å². The minimum absolute atomic E-state index is 0.222. The zero-order valence-corrected chi connectivity index (χ0v) is 16.6. The molecule has 7 heteroatoms. The predicted octanol–water partition coefficient (Wildman–Crippen LogP) is 4.01. The first-order valence-corrected chi connectivity index (χ1v) is 9.61. The zero-order valence-electron chi connectivity index (χ0n) is 16.6. The van der Waals surface area contributed by atoms with E-state index in [-0.39, 0.29) is 24.9 Å². The quantitative estimate of drug-likeness (QED) is 0.512. The van der Waals surface area contributed by atoms with Crippen molar-refractivity contribution in [1.29, 1.82) is 0 Å². The minimum Gasteiger partial charge on any atom is -0.492 e. The molecule has 0 radical (unpaired) electrons. The molecule has 30 heavy (non-hydrogen) atoms. The molecule has 0 spiro atoms. The van der Waals surface area contributed by atoms with E-state index in [1.807, 2.05) is 19.1 Å². The van der Waals surface area contributed by atoms with Gasteiger partial charge in [-0.15, -0.1) is 0 Å². The van der Waals surface area contributed by atoms with Crippen LogP contribution < -0.4 is 19.5 Å². The molecule has 1 amide bonds. The number of rotatable bonds is 10. The maximum absolute atomic E-state index is 13.1. The van der Waals surface area contributed by atoms with Crippen LogP contribution in [0.2, 0.25) is 0 Å². The third-order valence-corrected chi connectivity index (χ3v) is 4.08. The number of halogens is 1.